The highest BCUT2D eigenvalue weighted by atomic mass is 16.3. The van der Waals surface area contributed by atoms with Gasteiger partial charge in [0, 0.05) is 6.54 Å². The summed E-state index contributed by atoms with van der Waals surface area (Å²) in [4.78, 5) is 11.5. The van der Waals surface area contributed by atoms with Gasteiger partial charge in [0.1, 0.15) is 5.75 Å². The largest absolute Gasteiger partial charge is 0.508 e. The molecule has 0 aromatic heterocycles. The average molecular weight is 219 g/mol. The van der Waals surface area contributed by atoms with Crippen LogP contribution in [-0.2, 0) is 11.2 Å². The lowest BCUT2D eigenvalue weighted by molar-refractivity contribution is -0.120. The maximum atomic E-state index is 11.5. The minimum atomic E-state index is 0.0336. The second-order valence-electron chi connectivity index (χ2n) is 4.43. The highest BCUT2D eigenvalue weighted by Gasteiger charge is 2.20. The molecule has 0 heterocycles. The van der Waals surface area contributed by atoms with Crippen LogP contribution in [-0.4, -0.2) is 17.6 Å². The van der Waals surface area contributed by atoms with Gasteiger partial charge in [0.25, 0.3) is 0 Å². The zero-order valence-electron chi connectivity index (χ0n) is 9.28. The van der Waals surface area contributed by atoms with Crippen molar-refractivity contribution in [3.63, 3.8) is 0 Å². The molecule has 1 fully saturated rings. The summed E-state index contributed by atoms with van der Waals surface area (Å²) >= 11 is 0. The Bertz CT molecular complexity index is 372. The first kappa shape index (κ1) is 11.0. The number of nitrogens with one attached hydrogen (secondary N) is 1. The van der Waals surface area contributed by atoms with Crippen molar-refractivity contribution in [2.75, 3.05) is 6.54 Å². The number of carbonyl (C=O) groups is 1. The van der Waals surface area contributed by atoms with Gasteiger partial charge in [-0.15, -0.1) is 0 Å². The van der Waals surface area contributed by atoms with E-state index in [-0.39, 0.29) is 11.7 Å². The number of amides is 1. The van der Waals surface area contributed by atoms with Crippen molar-refractivity contribution in [3.05, 3.63) is 29.8 Å². The molecule has 3 nitrogen and oxygen atoms in total. The highest BCUT2D eigenvalue weighted by Crippen LogP contribution is 2.31. The van der Waals surface area contributed by atoms with E-state index in [1.807, 2.05) is 6.07 Å². The predicted molar refractivity (Wildman–Crippen MR) is 62.2 cm³/mol. The van der Waals surface area contributed by atoms with Gasteiger partial charge in [-0.05, 0) is 30.0 Å². The number of phenolic OH excluding ortho intramolecular Hbond substituents is 1. The summed E-state index contributed by atoms with van der Waals surface area (Å²) in [6, 6.07) is 6.83. The Hall–Kier alpha value is -1.51. The number of aromatic hydroxyl groups is 1. The normalized spacial score (nSPS) is 14.8. The van der Waals surface area contributed by atoms with Gasteiger partial charge < -0.3 is 10.4 Å². The van der Waals surface area contributed by atoms with Crippen molar-refractivity contribution < 1.29 is 9.90 Å². The first-order chi connectivity index (χ1) is 7.74. The summed E-state index contributed by atoms with van der Waals surface area (Å²) in [7, 11) is 0. The SMILES string of the molecule is O=C(Cc1cccc(O)c1)NCCC1CC1. The summed E-state index contributed by atoms with van der Waals surface area (Å²) < 4.78 is 0. The molecular formula is C13H17NO2. The van der Waals surface area contributed by atoms with Gasteiger partial charge in [0.2, 0.25) is 5.91 Å². The maximum absolute atomic E-state index is 11.5. The number of rotatable bonds is 5. The molecule has 0 aliphatic heterocycles. The zero-order valence-corrected chi connectivity index (χ0v) is 9.28. The van der Waals surface area contributed by atoms with E-state index < -0.39 is 0 Å². The third-order valence-corrected chi connectivity index (χ3v) is 2.85. The van der Waals surface area contributed by atoms with Crippen LogP contribution in [0.15, 0.2) is 24.3 Å². The molecule has 2 rings (SSSR count). The Morgan fingerprint density at radius 3 is 2.94 bits per heavy atom. The molecule has 0 unspecified atom stereocenters. The molecule has 1 aliphatic rings. The first-order valence-electron chi connectivity index (χ1n) is 5.78. The van der Waals surface area contributed by atoms with E-state index in [4.69, 9.17) is 0 Å². The van der Waals surface area contributed by atoms with E-state index in [0.29, 0.717) is 6.42 Å². The maximum Gasteiger partial charge on any atom is 0.224 e. The van der Waals surface area contributed by atoms with Crippen molar-refractivity contribution in [3.8, 4) is 5.75 Å². The van der Waals surface area contributed by atoms with Crippen LogP contribution in [0.5, 0.6) is 5.75 Å². The number of benzene rings is 1. The summed E-state index contributed by atoms with van der Waals surface area (Å²) in [6.45, 7) is 0.780. The van der Waals surface area contributed by atoms with E-state index in [9.17, 15) is 9.90 Å². The van der Waals surface area contributed by atoms with Crippen molar-refractivity contribution in [1.82, 2.24) is 5.32 Å². The fourth-order valence-electron chi connectivity index (χ4n) is 1.74. The molecule has 16 heavy (non-hydrogen) atoms. The van der Waals surface area contributed by atoms with Gasteiger partial charge in [0.05, 0.1) is 6.42 Å². The van der Waals surface area contributed by atoms with E-state index in [2.05, 4.69) is 5.32 Å². The molecule has 0 saturated heterocycles. The molecule has 1 saturated carbocycles. The fourth-order valence-corrected chi connectivity index (χ4v) is 1.74. The summed E-state index contributed by atoms with van der Waals surface area (Å²) in [5.41, 5.74) is 0.851. The monoisotopic (exact) mass is 219 g/mol. The molecule has 2 N–H and O–H groups in total. The molecule has 3 heteroatoms. The Balaban J connectivity index is 1.73. The molecule has 0 spiro atoms. The predicted octanol–water partition coefficient (Wildman–Crippen LogP) is 1.85. The van der Waals surface area contributed by atoms with Crippen LogP contribution >= 0.6 is 0 Å². The van der Waals surface area contributed by atoms with Gasteiger partial charge >= 0.3 is 0 Å². The Morgan fingerprint density at radius 2 is 2.25 bits per heavy atom. The molecular weight excluding hydrogens is 202 g/mol. The fraction of sp³-hybridized carbons (Fsp3) is 0.462. The van der Waals surface area contributed by atoms with Crippen LogP contribution < -0.4 is 5.32 Å². The van der Waals surface area contributed by atoms with Crippen LogP contribution in [0.1, 0.15) is 24.8 Å². The average Bonchev–Trinajstić information content (AvgIpc) is 3.01. The van der Waals surface area contributed by atoms with Crippen LogP contribution in [0, 0.1) is 5.92 Å². The van der Waals surface area contributed by atoms with E-state index in [1.165, 1.54) is 12.8 Å². The van der Waals surface area contributed by atoms with Crippen molar-refractivity contribution in [2.24, 2.45) is 5.92 Å². The molecule has 1 aliphatic carbocycles. The molecule has 0 radical (unpaired) electrons. The highest BCUT2D eigenvalue weighted by molar-refractivity contribution is 5.78. The lowest BCUT2D eigenvalue weighted by Gasteiger charge is -2.04. The number of phenols is 1. The molecule has 0 atom stereocenters. The lowest BCUT2D eigenvalue weighted by atomic mass is 10.1. The summed E-state index contributed by atoms with van der Waals surface area (Å²) in [6.07, 6.45) is 4.09. The van der Waals surface area contributed by atoms with E-state index in [1.54, 1.807) is 18.2 Å². The van der Waals surface area contributed by atoms with Crippen molar-refractivity contribution >= 4 is 5.91 Å². The molecule has 86 valence electrons. The van der Waals surface area contributed by atoms with Gasteiger partial charge in [-0.1, -0.05) is 25.0 Å². The van der Waals surface area contributed by atoms with E-state index >= 15 is 0 Å². The summed E-state index contributed by atoms with van der Waals surface area (Å²) in [5.74, 6) is 1.09. The Morgan fingerprint density at radius 1 is 1.44 bits per heavy atom. The van der Waals surface area contributed by atoms with Crippen molar-refractivity contribution in [1.29, 1.82) is 0 Å². The molecule has 1 aromatic carbocycles. The van der Waals surface area contributed by atoms with Crippen LogP contribution in [0.25, 0.3) is 0 Å². The zero-order chi connectivity index (χ0) is 11.4. The number of carbonyl (C=O) groups excluding carboxylic acids is 1. The van der Waals surface area contributed by atoms with Crippen LogP contribution in [0.3, 0.4) is 0 Å². The lowest BCUT2D eigenvalue weighted by Crippen LogP contribution is -2.26. The van der Waals surface area contributed by atoms with Gasteiger partial charge in [-0.2, -0.15) is 0 Å². The third-order valence-electron chi connectivity index (χ3n) is 2.85. The molecule has 1 amide bonds. The topological polar surface area (TPSA) is 49.3 Å². The molecule has 0 bridgehead atoms. The smallest absolute Gasteiger partial charge is 0.224 e. The molecule has 1 aromatic rings. The van der Waals surface area contributed by atoms with Gasteiger partial charge in [-0.3, -0.25) is 4.79 Å². The second-order valence-corrected chi connectivity index (χ2v) is 4.43. The van der Waals surface area contributed by atoms with Gasteiger partial charge in [0.15, 0.2) is 0 Å². The number of hydrogen-bond donors (Lipinski definition) is 2. The minimum absolute atomic E-state index is 0.0336. The van der Waals surface area contributed by atoms with E-state index in [0.717, 1.165) is 24.4 Å². The Kier molecular flexibility index (Phi) is 3.44. The summed E-state index contributed by atoms with van der Waals surface area (Å²) in [5, 5.41) is 12.2. The standard InChI is InChI=1S/C13H17NO2/c15-12-3-1-2-11(8-12)9-13(16)14-7-6-10-4-5-10/h1-3,8,10,15H,4-7,9H2,(H,14,16). The minimum Gasteiger partial charge on any atom is -0.508 e. The van der Waals surface area contributed by atoms with Crippen LogP contribution in [0.2, 0.25) is 0 Å². The Labute approximate surface area is 95.5 Å². The van der Waals surface area contributed by atoms with Crippen molar-refractivity contribution in [2.45, 2.75) is 25.7 Å². The van der Waals surface area contributed by atoms with Crippen LogP contribution in [0.4, 0.5) is 0 Å². The second kappa shape index (κ2) is 5.01. The first-order valence-corrected chi connectivity index (χ1v) is 5.78. The quantitative estimate of drug-likeness (QED) is 0.794. The van der Waals surface area contributed by atoms with Gasteiger partial charge in [-0.25, -0.2) is 0 Å². The number of hydrogen-bond acceptors (Lipinski definition) is 2. The third kappa shape index (κ3) is 3.57.